The average molecular weight is 1110 g/mol. The van der Waals surface area contributed by atoms with E-state index in [0.717, 1.165) is 62.2 Å². The first-order valence-corrected chi connectivity index (χ1v) is 27.8. The van der Waals surface area contributed by atoms with Crippen LogP contribution in [-0.4, -0.2) is 118 Å². The van der Waals surface area contributed by atoms with Crippen LogP contribution in [0.15, 0.2) is 117 Å². The summed E-state index contributed by atoms with van der Waals surface area (Å²) in [5, 5.41) is 16.9. The molecular formula is C48H51N4Na3O14S4. The van der Waals surface area contributed by atoms with E-state index in [0.29, 0.717) is 66.1 Å². The molecule has 0 radical (unpaired) electrons. The van der Waals surface area contributed by atoms with Crippen molar-refractivity contribution >= 4 is 87.1 Å². The largest absolute Gasteiger partial charge is 1.00 e. The van der Waals surface area contributed by atoms with Crippen LogP contribution in [0.25, 0.3) is 21.5 Å². The second-order valence-electron chi connectivity index (χ2n) is 18.4. The summed E-state index contributed by atoms with van der Waals surface area (Å²) in [5.74, 6) is -1.33. The molecule has 25 heteroatoms. The van der Waals surface area contributed by atoms with Gasteiger partial charge in [-0.1, -0.05) is 64.1 Å². The van der Waals surface area contributed by atoms with E-state index in [2.05, 4.69) is 13.9 Å². The van der Waals surface area contributed by atoms with Gasteiger partial charge in [0.25, 0.3) is 0 Å². The third kappa shape index (κ3) is 13.2. The molecule has 4 aromatic carbocycles. The Bertz CT molecular complexity index is 3320. The zero-order valence-corrected chi connectivity index (χ0v) is 51.3. The van der Waals surface area contributed by atoms with Gasteiger partial charge in [-0.05, 0) is 101 Å². The van der Waals surface area contributed by atoms with Crippen molar-refractivity contribution in [2.24, 2.45) is 0 Å². The molecule has 3 aliphatic heterocycles. The molecule has 4 aliphatic rings. The molecule has 8 rings (SSSR count). The van der Waals surface area contributed by atoms with E-state index in [9.17, 15) is 49.0 Å². The number of ether oxygens (including phenoxy) is 1. The van der Waals surface area contributed by atoms with Gasteiger partial charge in [0, 0.05) is 62.7 Å². The number of benzene rings is 4. The number of carbonyl (C=O) groups is 1. The van der Waals surface area contributed by atoms with Gasteiger partial charge >= 0.3 is 94.8 Å². The summed E-state index contributed by atoms with van der Waals surface area (Å²) in [7, 11) is -14.0. The number of piperazine rings is 1. The Labute approximate surface area is 496 Å². The molecule has 0 bridgehead atoms. The van der Waals surface area contributed by atoms with Gasteiger partial charge in [-0.25, -0.2) is 34.6 Å². The van der Waals surface area contributed by atoms with Crippen molar-refractivity contribution in [3.05, 3.63) is 119 Å². The molecular weight excluding hydrogens is 1050 g/mol. The van der Waals surface area contributed by atoms with Crippen LogP contribution in [0.3, 0.4) is 0 Å². The van der Waals surface area contributed by atoms with Gasteiger partial charge in [-0.15, -0.1) is 0 Å². The Morgan fingerprint density at radius 3 is 1.63 bits per heavy atom. The molecule has 1 amide bonds. The van der Waals surface area contributed by atoms with Gasteiger partial charge in [0.1, 0.15) is 10.1 Å². The zero-order valence-electron chi connectivity index (χ0n) is 42.0. The van der Waals surface area contributed by atoms with Gasteiger partial charge in [-0.2, -0.15) is 4.33 Å². The quantitative estimate of drug-likeness (QED) is 0.0314. The SMILES string of the molecule is CCOC(=O)N1CC[N+](=C2C(=C/C=C3/N(CCS(=O)(=O)[O-])c4ccc5cc(SOO[O-])ccc5c4C3(C)C)CCC2=C/C=C2/N(CCS(=O)(=O)[O-])c3ccc4cc(S(=O)(=O)[O-])ccc4c3C2(C)C)CC1.[Na+].[Na+].[Na+]. The predicted octanol–water partition coefficient (Wildman–Crippen LogP) is -3.53. The molecule has 3 heterocycles. The molecule has 374 valence electrons. The topological polar surface area (TPSA) is 252 Å². The molecule has 0 N–H and O–H groups in total. The van der Waals surface area contributed by atoms with Crippen LogP contribution in [0.4, 0.5) is 16.2 Å². The number of amides is 1. The van der Waals surface area contributed by atoms with E-state index in [-0.39, 0.29) is 113 Å². The zero-order chi connectivity index (χ0) is 50.6. The molecule has 18 nitrogen and oxygen atoms in total. The summed E-state index contributed by atoms with van der Waals surface area (Å²) in [4.78, 5) is 18.3. The van der Waals surface area contributed by atoms with Gasteiger partial charge in [-0.3, -0.25) is 9.94 Å². The van der Waals surface area contributed by atoms with Gasteiger partial charge in [0.2, 0.25) is 5.71 Å². The molecule has 0 unspecified atom stereocenters. The first-order chi connectivity index (χ1) is 32.9. The second-order valence-corrected chi connectivity index (χ2v) is 23.6. The maximum absolute atomic E-state index is 12.8. The third-order valence-electron chi connectivity index (χ3n) is 13.5. The van der Waals surface area contributed by atoms with Crippen molar-refractivity contribution in [2.45, 2.75) is 68.1 Å². The van der Waals surface area contributed by atoms with Crippen molar-refractivity contribution in [2.75, 3.05) is 67.2 Å². The fraction of sp³-hybridized carbons (Fsp3) is 0.375. The van der Waals surface area contributed by atoms with Crippen molar-refractivity contribution < 1.29 is 156 Å². The van der Waals surface area contributed by atoms with Crippen LogP contribution in [-0.2, 0) is 55.3 Å². The molecule has 0 spiro atoms. The molecule has 4 aromatic rings. The summed E-state index contributed by atoms with van der Waals surface area (Å²) < 4.78 is 120. The average Bonchev–Trinajstić information content (AvgIpc) is 3.87. The Balaban J connectivity index is 0.00000329. The number of rotatable bonds is 13. The summed E-state index contributed by atoms with van der Waals surface area (Å²) >= 11 is 0.763. The van der Waals surface area contributed by atoms with Gasteiger partial charge < -0.3 is 33.5 Å². The summed E-state index contributed by atoms with van der Waals surface area (Å²) in [5.41, 5.74) is 5.74. The Hall–Kier alpha value is -2.14. The van der Waals surface area contributed by atoms with Crippen LogP contribution in [0.2, 0.25) is 0 Å². The summed E-state index contributed by atoms with van der Waals surface area (Å²) in [6.45, 7) is 11.4. The van der Waals surface area contributed by atoms with Crippen LogP contribution < -0.4 is 104 Å². The summed E-state index contributed by atoms with van der Waals surface area (Å²) in [6.07, 6.45) is 8.65. The molecule has 73 heavy (non-hydrogen) atoms. The minimum Gasteiger partial charge on any atom is -0.748 e. The molecule has 0 aromatic heterocycles. The third-order valence-corrected chi connectivity index (χ3v) is 16.3. The van der Waals surface area contributed by atoms with Gasteiger partial charge in [0.15, 0.2) is 13.1 Å². The Morgan fingerprint density at radius 2 is 1.18 bits per heavy atom. The first kappa shape index (κ1) is 61.7. The maximum atomic E-state index is 12.8. The fourth-order valence-corrected chi connectivity index (χ4v) is 12.1. The fourth-order valence-electron chi connectivity index (χ4n) is 10.4. The van der Waals surface area contributed by atoms with Crippen LogP contribution in [0, 0.1) is 0 Å². The Morgan fingerprint density at radius 1 is 0.699 bits per heavy atom. The smallest absolute Gasteiger partial charge is 0.748 e. The normalized spacial score (nSPS) is 19.7. The van der Waals surface area contributed by atoms with E-state index in [1.807, 2.05) is 81.2 Å². The maximum Gasteiger partial charge on any atom is 1.00 e. The Kier molecular flexibility index (Phi) is 20.5. The second kappa shape index (κ2) is 24.3. The molecule has 1 saturated heterocycles. The number of allylic oxidation sites excluding steroid dienone is 8. The minimum absolute atomic E-state index is 0. The standard InChI is InChI=1S/C48H54N4O14S4.3Na/c1-6-64-46(53)50-23-21-49(22-24-50)45-31(11-19-41-47(2,3)43-37-15-13-35(67-66-65-54)29-33(37)9-17-39(43)51(41)25-27-68(55,56)57)7-8-32(45)12-20-42-48(4,5)44-38-16-14-36(70(61,62)63)30-34(38)10-18-40(44)52(42)26-28-69(58,59)60;;;/h9-20,29-30H,6-8,21-28H2,1-5H3,(H3-,54,55,56,57,58,59,60,61,62,63);;;/q;3*+1/p-3. The van der Waals surface area contributed by atoms with Crippen molar-refractivity contribution in [3.63, 3.8) is 0 Å². The number of anilines is 2. The van der Waals surface area contributed by atoms with Crippen molar-refractivity contribution in [1.82, 2.24) is 4.90 Å². The van der Waals surface area contributed by atoms with Crippen molar-refractivity contribution in [3.8, 4) is 0 Å². The minimum atomic E-state index is -4.75. The number of hydrogen-bond acceptors (Lipinski definition) is 17. The van der Waals surface area contributed by atoms with E-state index >= 15 is 0 Å². The van der Waals surface area contributed by atoms with Crippen molar-refractivity contribution in [1.29, 1.82) is 0 Å². The van der Waals surface area contributed by atoms with E-state index in [4.69, 9.17) is 4.74 Å². The summed E-state index contributed by atoms with van der Waals surface area (Å²) in [6, 6.07) is 16.8. The van der Waals surface area contributed by atoms with Crippen LogP contribution >= 0.6 is 12.0 Å². The monoisotopic (exact) mass is 1100 g/mol. The number of carbonyl (C=O) groups excluding carboxylic acids is 1. The van der Waals surface area contributed by atoms with Gasteiger partial charge in [0.05, 0.1) is 68.4 Å². The predicted molar refractivity (Wildman–Crippen MR) is 259 cm³/mol. The number of hydrogen-bond donors (Lipinski definition) is 0. The van der Waals surface area contributed by atoms with E-state index < -0.39 is 58.8 Å². The van der Waals surface area contributed by atoms with Crippen LogP contribution in [0.5, 0.6) is 0 Å². The van der Waals surface area contributed by atoms with E-state index in [1.54, 1.807) is 41.0 Å². The molecule has 2 fully saturated rings. The van der Waals surface area contributed by atoms with E-state index in [1.165, 1.54) is 12.1 Å². The molecule has 1 aliphatic carbocycles. The molecule has 0 atom stereocenters. The van der Waals surface area contributed by atoms with Crippen LogP contribution in [0.1, 0.15) is 58.6 Å². The molecule has 1 saturated carbocycles. The number of nitrogens with zero attached hydrogens (tertiary/aromatic N) is 4. The first-order valence-electron chi connectivity index (χ1n) is 22.5. The number of fused-ring (bicyclic) bond motifs is 6.